The predicted molar refractivity (Wildman–Crippen MR) is 54.6 cm³/mol. The largest absolute Gasteiger partial charge is 0.478 e. The van der Waals surface area contributed by atoms with Crippen molar-refractivity contribution in [2.45, 2.75) is 34.6 Å². The van der Waals surface area contributed by atoms with Crippen molar-refractivity contribution in [2.75, 3.05) is 0 Å². The minimum atomic E-state index is -0.893. The van der Waals surface area contributed by atoms with Crippen LogP contribution in [-0.4, -0.2) is 11.1 Å². The number of allylic oxidation sites excluding steroid dienone is 3. The molecule has 0 amide bonds. The number of hydrogen-bond acceptors (Lipinski definition) is 1. The number of rotatable bonds is 2. The number of carboxylic acid groups (broad SMARTS) is 1. The van der Waals surface area contributed by atoms with Crippen molar-refractivity contribution in [2.24, 2.45) is 5.41 Å². The van der Waals surface area contributed by atoms with Gasteiger partial charge in [-0.15, -0.1) is 0 Å². The smallest absolute Gasteiger partial charge is 0.328 e. The third-order valence-electron chi connectivity index (χ3n) is 1.98. The zero-order valence-corrected chi connectivity index (χ0v) is 9.01. The van der Waals surface area contributed by atoms with Gasteiger partial charge in [0.15, 0.2) is 0 Å². The zero-order chi connectivity index (χ0) is 10.6. The second-order valence-electron chi connectivity index (χ2n) is 4.30. The fraction of sp³-hybridized carbons (Fsp3) is 0.545. The van der Waals surface area contributed by atoms with Gasteiger partial charge in [-0.1, -0.05) is 32.4 Å². The Hall–Kier alpha value is -1.05. The summed E-state index contributed by atoms with van der Waals surface area (Å²) in [5, 5.41) is 8.49. The molecule has 0 aromatic heterocycles. The molecule has 0 radical (unpaired) electrons. The third-order valence-corrected chi connectivity index (χ3v) is 1.98. The van der Waals surface area contributed by atoms with Crippen LogP contribution in [-0.2, 0) is 4.79 Å². The minimum Gasteiger partial charge on any atom is -0.478 e. The lowest BCUT2D eigenvalue weighted by atomic mass is 9.86. The van der Waals surface area contributed by atoms with Crippen LogP contribution in [0.2, 0.25) is 0 Å². The summed E-state index contributed by atoms with van der Waals surface area (Å²) in [6.07, 6.45) is 3.13. The van der Waals surface area contributed by atoms with Crippen LogP contribution in [0.5, 0.6) is 0 Å². The average molecular weight is 182 g/mol. The molecule has 0 atom stereocenters. The summed E-state index contributed by atoms with van der Waals surface area (Å²) in [6.45, 7) is 10.1. The van der Waals surface area contributed by atoms with E-state index in [2.05, 4.69) is 20.8 Å². The van der Waals surface area contributed by atoms with Gasteiger partial charge in [-0.3, -0.25) is 0 Å². The highest BCUT2D eigenvalue weighted by molar-refractivity contribution is 5.81. The molecule has 0 fully saturated rings. The van der Waals surface area contributed by atoms with Gasteiger partial charge in [0.2, 0.25) is 0 Å². The van der Waals surface area contributed by atoms with Gasteiger partial charge in [-0.25, -0.2) is 4.79 Å². The highest BCUT2D eigenvalue weighted by atomic mass is 16.4. The molecule has 0 unspecified atom stereocenters. The van der Waals surface area contributed by atoms with Gasteiger partial charge in [0, 0.05) is 6.08 Å². The molecule has 0 saturated heterocycles. The Morgan fingerprint density at radius 1 is 1.15 bits per heavy atom. The number of carboxylic acids is 1. The topological polar surface area (TPSA) is 37.3 Å². The Labute approximate surface area is 80.0 Å². The maximum atomic E-state index is 10.3. The van der Waals surface area contributed by atoms with E-state index in [1.165, 1.54) is 11.6 Å². The molecule has 0 spiro atoms. The molecule has 2 heteroatoms. The van der Waals surface area contributed by atoms with E-state index < -0.39 is 5.97 Å². The first-order valence-electron chi connectivity index (χ1n) is 4.33. The molecule has 0 aromatic carbocycles. The van der Waals surface area contributed by atoms with Gasteiger partial charge in [0.1, 0.15) is 0 Å². The van der Waals surface area contributed by atoms with Crippen LogP contribution in [0, 0.1) is 5.41 Å². The Morgan fingerprint density at radius 3 is 1.92 bits per heavy atom. The molecule has 2 nitrogen and oxygen atoms in total. The lowest BCUT2D eigenvalue weighted by molar-refractivity contribution is -0.131. The van der Waals surface area contributed by atoms with Crippen molar-refractivity contribution >= 4 is 5.97 Å². The van der Waals surface area contributed by atoms with Crippen LogP contribution >= 0.6 is 0 Å². The SMILES string of the molecule is CC(=C/C(=O)O)/C=C(\C)C(C)(C)C. The van der Waals surface area contributed by atoms with E-state index in [0.29, 0.717) is 0 Å². The van der Waals surface area contributed by atoms with Gasteiger partial charge in [0.25, 0.3) is 0 Å². The molecule has 0 rings (SSSR count). The van der Waals surface area contributed by atoms with E-state index in [9.17, 15) is 4.79 Å². The maximum Gasteiger partial charge on any atom is 0.328 e. The van der Waals surface area contributed by atoms with Crippen molar-refractivity contribution in [1.82, 2.24) is 0 Å². The van der Waals surface area contributed by atoms with Crippen molar-refractivity contribution in [1.29, 1.82) is 0 Å². The monoisotopic (exact) mass is 182 g/mol. The van der Waals surface area contributed by atoms with Gasteiger partial charge >= 0.3 is 5.97 Å². The number of carbonyl (C=O) groups is 1. The lowest BCUT2D eigenvalue weighted by Gasteiger charge is -2.19. The van der Waals surface area contributed by atoms with Crippen LogP contribution in [0.3, 0.4) is 0 Å². The van der Waals surface area contributed by atoms with Crippen LogP contribution in [0.15, 0.2) is 23.3 Å². The maximum absolute atomic E-state index is 10.3. The van der Waals surface area contributed by atoms with E-state index >= 15 is 0 Å². The lowest BCUT2D eigenvalue weighted by Crippen LogP contribution is -2.06. The highest BCUT2D eigenvalue weighted by Gasteiger charge is 2.11. The molecule has 0 aliphatic heterocycles. The first-order valence-corrected chi connectivity index (χ1v) is 4.33. The van der Waals surface area contributed by atoms with Gasteiger partial charge in [0.05, 0.1) is 0 Å². The summed E-state index contributed by atoms with van der Waals surface area (Å²) in [4.78, 5) is 10.3. The van der Waals surface area contributed by atoms with E-state index in [1.54, 1.807) is 6.92 Å². The van der Waals surface area contributed by atoms with E-state index in [4.69, 9.17) is 5.11 Å². The molecule has 0 aromatic rings. The summed E-state index contributed by atoms with van der Waals surface area (Å²) < 4.78 is 0. The summed E-state index contributed by atoms with van der Waals surface area (Å²) in [5.41, 5.74) is 2.07. The molecule has 0 aliphatic rings. The number of hydrogen-bond donors (Lipinski definition) is 1. The molecule has 74 valence electrons. The normalized spacial score (nSPS) is 14.5. The van der Waals surface area contributed by atoms with Gasteiger partial charge in [-0.05, 0) is 24.8 Å². The average Bonchev–Trinajstić information content (AvgIpc) is 1.82. The van der Waals surface area contributed by atoms with Crippen LogP contribution < -0.4 is 0 Å². The molecule has 1 N–H and O–H groups in total. The molecule has 0 saturated carbocycles. The van der Waals surface area contributed by atoms with Crippen molar-refractivity contribution in [3.63, 3.8) is 0 Å². The summed E-state index contributed by atoms with van der Waals surface area (Å²) >= 11 is 0. The molecular weight excluding hydrogens is 164 g/mol. The van der Waals surface area contributed by atoms with Crippen molar-refractivity contribution in [3.8, 4) is 0 Å². The first kappa shape index (κ1) is 11.9. The van der Waals surface area contributed by atoms with Crippen molar-refractivity contribution in [3.05, 3.63) is 23.3 Å². The summed E-state index contributed by atoms with van der Waals surface area (Å²) in [6, 6.07) is 0. The molecule has 0 aliphatic carbocycles. The van der Waals surface area contributed by atoms with E-state index in [1.807, 2.05) is 13.0 Å². The Balaban J connectivity index is 4.67. The van der Waals surface area contributed by atoms with E-state index in [0.717, 1.165) is 5.57 Å². The first-order chi connectivity index (χ1) is 5.73. The van der Waals surface area contributed by atoms with Gasteiger partial charge in [-0.2, -0.15) is 0 Å². The Bertz CT molecular complexity index is 252. The van der Waals surface area contributed by atoms with Gasteiger partial charge < -0.3 is 5.11 Å². The molecule has 0 bridgehead atoms. The third kappa shape index (κ3) is 5.23. The Kier molecular flexibility index (Phi) is 3.92. The zero-order valence-electron chi connectivity index (χ0n) is 9.01. The molecule has 0 heterocycles. The minimum absolute atomic E-state index is 0.105. The van der Waals surface area contributed by atoms with Crippen LogP contribution in [0.1, 0.15) is 34.6 Å². The fourth-order valence-electron chi connectivity index (χ4n) is 0.794. The fourth-order valence-corrected chi connectivity index (χ4v) is 0.794. The van der Waals surface area contributed by atoms with Crippen molar-refractivity contribution < 1.29 is 9.90 Å². The Morgan fingerprint density at radius 2 is 1.62 bits per heavy atom. The van der Waals surface area contributed by atoms with Crippen LogP contribution in [0.25, 0.3) is 0 Å². The second kappa shape index (κ2) is 4.26. The molecule has 13 heavy (non-hydrogen) atoms. The molecular formula is C11H18O2. The standard InChI is InChI=1S/C11H18O2/c1-8(7-10(12)13)6-9(2)11(3,4)5/h6-7H,1-5H3,(H,12,13)/b8-7-,9-6+. The number of aliphatic carboxylic acids is 1. The quantitative estimate of drug-likeness (QED) is 0.526. The highest BCUT2D eigenvalue weighted by Crippen LogP contribution is 2.25. The van der Waals surface area contributed by atoms with Crippen LogP contribution in [0.4, 0.5) is 0 Å². The predicted octanol–water partition coefficient (Wildman–Crippen LogP) is 3.01. The summed E-state index contributed by atoms with van der Waals surface area (Å²) in [7, 11) is 0. The summed E-state index contributed by atoms with van der Waals surface area (Å²) in [5.74, 6) is -0.893. The second-order valence-corrected chi connectivity index (χ2v) is 4.30. The van der Waals surface area contributed by atoms with E-state index in [-0.39, 0.29) is 5.41 Å².